The van der Waals surface area contributed by atoms with Crippen LogP contribution in [0.5, 0.6) is 0 Å². The fraction of sp³-hybridized carbons (Fsp3) is 0.158. The van der Waals surface area contributed by atoms with Crippen molar-refractivity contribution in [1.29, 1.82) is 0 Å². The quantitative estimate of drug-likeness (QED) is 0.529. The van der Waals surface area contributed by atoms with Crippen molar-refractivity contribution < 1.29 is 27.6 Å². The van der Waals surface area contributed by atoms with E-state index in [0.29, 0.717) is 22.5 Å². The van der Waals surface area contributed by atoms with Crippen LogP contribution in [0.2, 0.25) is 5.02 Å². The average Bonchev–Trinajstić information content (AvgIpc) is 2.96. The van der Waals surface area contributed by atoms with Crippen LogP contribution in [-0.2, 0) is 24.4 Å². The van der Waals surface area contributed by atoms with Gasteiger partial charge in [-0.25, -0.2) is 13.6 Å². The number of benzene rings is 2. The van der Waals surface area contributed by atoms with E-state index >= 15 is 0 Å². The Morgan fingerprint density at radius 3 is 2.06 bits per heavy atom. The molecule has 168 valence electrons. The normalized spacial score (nSPS) is 16.2. The summed E-state index contributed by atoms with van der Waals surface area (Å²) in [6.45, 7) is -0.545. The second-order valence-electron chi connectivity index (χ2n) is 6.67. The Morgan fingerprint density at radius 1 is 0.969 bits per heavy atom. The molecule has 0 aromatic heterocycles. The lowest BCUT2D eigenvalue weighted by Gasteiger charge is -2.14. The van der Waals surface area contributed by atoms with E-state index in [2.05, 4.69) is 10.6 Å². The highest BCUT2D eigenvalue weighted by Crippen LogP contribution is 2.29. The highest BCUT2D eigenvalue weighted by molar-refractivity contribution is 8.15. The van der Waals surface area contributed by atoms with Crippen LogP contribution < -0.4 is 15.8 Å². The molecule has 0 bridgehead atoms. The summed E-state index contributed by atoms with van der Waals surface area (Å²) in [7, 11) is -3.87. The van der Waals surface area contributed by atoms with Crippen LogP contribution in [0.3, 0.4) is 0 Å². The summed E-state index contributed by atoms with van der Waals surface area (Å²) in [4.78, 5) is 49.8. The Labute approximate surface area is 192 Å². The van der Waals surface area contributed by atoms with Gasteiger partial charge in [0.2, 0.25) is 27.7 Å². The Kier molecular flexibility index (Phi) is 7.19. The SMILES string of the molecule is NS(=O)(=O)c1ccc(NC(=O)CN2C(=O)SC(CC(=O)Nc3ccc(Cl)cc3)C2=O)cc1. The van der Waals surface area contributed by atoms with Crippen LogP contribution >= 0.6 is 23.4 Å². The first-order valence-corrected chi connectivity index (χ1v) is 11.8. The third-order valence-electron chi connectivity index (χ3n) is 4.27. The van der Waals surface area contributed by atoms with Crippen LogP contribution in [0.1, 0.15) is 6.42 Å². The Morgan fingerprint density at radius 2 is 1.50 bits per heavy atom. The van der Waals surface area contributed by atoms with Gasteiger partial charge in [-0.15, -0.1) is 0 Å². The van der Waals surface area contributed by atoms with Gasteiger partial charge in [0.15, 0.2) is 0 Å². The van der Waals surface area contributed by atoms with Gasteiger partial charge in [0.1, 0.15) is 11.8 Å². The predicted molar refractivity (Wildman–Crippen MR) is 120 cm³/mol. The maximum absolute atomic E-state index is 12.5. The minimum Gasteiger partial charge on any atom is -0.326 e. The van der Waals surface area contributed by atoms with E-state index in [1.54, 1.807) is 24.3 Å². The molecule has 32 heavy (non-hydrogen) atoms. The van der Waals surface area contributed by atoms with Crippen molar-refractivity contribution in [3.05, 3.63) is 53.6 Å². The third kappa shape index (κ3) is 6.07. The molecule has 1 aliphatic heterocycles. The number of sulfonamides is 1. The van der Waals surface area contributed by atoms with Gasteiger partial charge in [0, 0.05) is 22.8 Å². The third-order valence-corrected chi connectivity index (χ3v) is 6.53. The molecule has 13 heteroatoms. The molecule has 1 heterocycles. The standard InChI is InChI=1S/C19H17ClN4O6S2/c20-11-1-3-12(4-2-11)22-16(25)9-15-18(27)24(19(28)31-15)10-17(26)23-13-5-7-14(8-6-13)32(21,29)30/h1-8,15H,9-10H2,(H,22,25)(H,23,26)(H2,21,29,30). The highest BCUT2D eigenvalue weighted by atomic mass is 35.5. The molecule has 2 aromatic rings. The van der Waals surface area contributed by atoms with Crippen molar-refractivity contribution in [3.63, 3.8) is 0 Å². The minimum absolute atomic E-state index is 0.128. The lowest BCUT2D eigenvalue weighted by atomic mass is 10.2. The molecule has 0 aliphatic carbocycles. The fourth-order valence-electron chi connectivity index (χ4n) is 2.76. The van der Waals surface area contributed by atoms with Gasteiger partial charge in [0.25, 0.3) is 5.24 Å². The zero-order valence-electron chi connectivity index (χ0n) is 16.3. The number of hydrogen-bond acceptors (Lipinski definition) is 7. The van der Waals surface area contributed by atoms with Crippen molar-refractivity contribution in [1.82, 2.24) is 4.90 Å². The molecule has 1 aliphatic rings. The predicted octanol–water partition coefficient (Wildman–Crippen LogP) is 2.02. The molecular formula is C19H17ClN4O6S2. The first kappa shape index (κ1) is 23.7. The van der Waals surface area contributed by atoms with E-state index in [0.717, 1.165) is 4.90 Å². The summed E-state index contributed by atoms with van der Waals surface area (Å²) in [5, 5.41) is 9.00. The smallest absolute Gasteiger partial charge is 0.289 e. The fourth-order valence-corrected chi connectivity index (χ4v) is 4.39. The molecular weight excluding hydrogens is 480 g/mol. The number of hydrogen-bond donors (Lipinski definition) is 3. The maximum atomic E-state index is 12.5. The first-order valence-electron chi connectivity index (χ1n) is 9.03. The number of carbonyl (C=O) groups excluding carboxylic acids is 4. The summed E-state index contributed by atoms with van der Waals surface area (Å²) in [6, 6.07) is 11.5. The van der Waals surface area contributed by atoms with E-state index in [4.69, 9.17) is 16.7 Å². The Bertz CT molecular complexity index is 1170. The number of primary sulfonamides is 1. The first-order chi connectivity index (χ1) is 15.0. The molecule has 0 radical (unpaired) electrons. The van der Waals surface area contributed by atoms with Crippen LogP contribution in [0, 0.1) is 0 Å². The topological polar surface area (TPSA) is 156 Å². The lowest BCUT2D eigenvalue weighted by Crippen LogP contribution is -2.38. The number of nitrogens with two attached hydrogens (primary N) is 1. The summed E-state index contributed by atoms with van der Waals surface area (Å²) < 4.78 is 22.5. The molecule has 1 saturated heterocycles. The van der Waals surface area contributed by atoms with Crippen LogP contribution in [-0.4, -0.2) is 48.1 Å². The van der Waals surface area contributed by atoms with Crippen molar-refractivity contribution in [2.45, 2.75) is 16.6 Å². The van der Waals surface area contributed by atoms with Gasteiger partial charge in [0.05, 0.1) is 4.90 Å². The van der Waals surface area contributed by atoms with Crippen molar-refractivity contribution in [2.24, 2.45) is 5.14 Å². The van der Waals surface area contributed by atoms with E-state index in [9.17, 15) is 27.6 Å². The molecule has 0 spiro atoms. The van der Waals surface area contributed by atoms with E-state index < -0.39 is 44.8 Å². The van der Waals surface area contributed by atoms with Crippen LogP contribution in [0.4, 0.5) is 16.2 Å². The highest BCUT2D eigenvalue weighted by Gasteiger charge is 2.41. The number of imide groups is 1. The molecule has 1 unspecified atom stereocenters. The molecule has 10 nitrogen and oxygen atoms in total. The number of nitrogens with one attached hydrogen (secondary N) is 2. The molecule has 1 atom stereocenters. The second-order valence-corrected chi connectivity index (χ2v) is 9.83. The summed E-state index contributed by atoms with van der Waals surface area (Å²) in [5.74, 6) is -1.78. The van der Waals surface area contributed by atoms with Gasteiger partial charge in [-0.2, -0.15) is 0 Å². The molecule has 3 rings (SSSR count). The van der Waals surface area contributed by atoms with E-state index in [1.807, 2.05) is 0 Å². The van der Waals surface area contributed by atoms with Gasteiger partial charge >= 0.3 is 0 Å². The average molecular weight is 497 g/mol. The molecule has 4 N–H and O–H groups in total. The van der Waals surface area contributed by atoms with Crippen LogP contribution in [0.25, 0.3) is 0 Å². The molecule has 1 fully saturated rings. The van der Waals surface area contributed by atoms with Gasteiger partial charge in [-0.05, 0) is 48.5 Å². The number of nitrogens with zero attached hydrogens (tertiary/aromatic N) is 1. The number of carbonyl (C=O) groups is 4. The number of halogens is 1. The van der Waals surface area contributed by atoms with Crippen LogP contribution in [0.15, 0.2) is 53.4 Å². The molecule has 4 amide bonds. The maximum Gasteiger partial charge on any atom is 0.289 e. The number of rotatable bonds is 7. The van der Waals surface area contributed by atoms with Gasteiger partial charge < -0.3 is 10.6 Å². The van der Waals surface area contributed by atoms with Gasteiger partial charge in [-0.3, -0.25) is 24.1 Å². The second kappa shape index (κ2) is 9.69. The largest absolute Gasteiger partial charge is 0.326 e. The Hall–Kier alpha value is -2.93. The van der Waals surface area contributed by atoms with Crippen molar-refractivity contribution >= 4 is 67.7 Å². The van der Waals surface area contributed by atoms with Gasteiger partial charge in [-0.1, -0.05) is 23.4 Å². The van der Waals surface area contributed by atoms with Crippen molar-refractivity contribution in [2.75, 3.05) is 17.2 Å². The van der Waals surface area contributed by atoms with E-state index in [1.165, 1.54) is 24.3 Å². The minimum atomic E-state index is -3.87. The monoisotopic (exact) mass is 496 g/mol. The summed E-state index contributed by atoms with van der Waals surface area (Å²) in [6.07, 6.45) is -0.245. The zero-order chi connectivity index (χ0) is 23.5. The zero-order valence-corrected chi connectivity index (χ0v) is 18.7. The molecule has 2 aromatic carbocycles. The Balaban J connectivity index is 1.55. The number of amides is 4. The summed E-state index contributed by atoms with van der Waals surface area (Å²) in [5.41, 5.74) is 0.749. The lowest BCUT2D eigenvalue weighted by molar-refractivity contribution is -0.131. The number of anilines is 2. The van der Waals surface area contributed by atoms with Crippen molar-refractivity contribution in [3.8, 4) is 0 Å². The summed E-state index contributed by atoms with van der Waals surface area (Å²) >= 11 is 6.46. The van der Waals surface area contributed by atoms with E-state index in [-0.39, 0.29) is 17.0 Å². The number of thioether (sulfide) groups is 1. The molecule has 0 saturated carbocycles.